The monoisotopic (exact) mass is 538 g/mol. The number of anilines is 1. The number of halogens is 1. The Morgan fingerprint density at radius 2 is 1.82 bits per heavy atom. The standard InChI is InChI=1S/C29H35ClN4O4/c1-5-23-27(21-14-13-20(36-4)15-22(21)30)31-24(6-2)28(32-23)33-25-16-34(17-26(25)37-7-3)29(35)38-18-19-11-9-8-10-12-19/h8-15,25-26H,5-7,16-18H2,1-4H3,(H,32,33). The van der Waals surface area contributed by atoms with Crippen LogP contribution < -0.4 is 10.1 Å². The predicted octanol–water partition coefficient (Wildman–Crippen LogP) is 5.77. The first kappa shape index (κ1) is 27.7. The Morgan fingerprint density at radius 1 is 1.05 bits per heavy atom. The first-order valence-electron chi connectivity index (χ1n) is 13.0. The van der Waals surface area contributed by atoms with Gasteiger partial charge < -0.3 is 24.4 Å². The number of methoxy groups -OCH3 is 1. The molecule has 4 rings (SSSR count). The van der Waals surface area contributed by atoms with Crippen molar-refractivity contribution in [1.29, 1.82) is 0 Å². The van der Waals surface area contributed by atoms with Crippen molar-refractivity contribution in [3.8, 4) is 17.0 Å². The third kappa shape index (κ3) is 6.37. The summed E-state index contributed by atoms with van der Waals surface area (Å²) in [5.41, 5.74) is 4.19. The molecule has 8 nitrogen and oxygen atoms in total. The summed E-state index contributed by atoms with van der Waals surface area (Å²) in [6.07, 6.45) is 0.801. The van der Waals surface area contributed by atoms with Crippen molar-refractivity contribution in [3.05, 3.63) is 70.5 Å². The van der Waals surface area contributed by atoms with Gasteiger partial charge in [0.25, 0.3) is 0 Å². The second kappa shape index (κ2) is 12.9. The van der Waals surface area contributed by atoms with E-state index >= 15 is 0 Å². The van der Waals surface area contributed by atoms with Crippen LogP contribution in [0.15, 0.2) is 48.5 Å². The van der Waals surface area contributed by atoms with E-state index in [1.807, 2.05) is 63.2 Å². The van der Waals surface area contributed by atoms with Gasteiger partial charge in [-0.1, -0.05) is 55.8 Å². The van der Waals surface area contributed by atoms with Crippen LogP contribution in [0.5, 0.6) is 5.75 Å². The van der Waals surface area contributed by atoms with Gasteiger partial charge in [0.05, 0.1) is 47.9 Å². The van der Waals surface area contributed by atoms with E-state index in [2.05, 4.69) is 5.32 Å². The van der Waals surface area contributed by atoms with Gasteiger partial charge in [-0.05, 0) is 43.5 Å². The van der Waals surface area contributed by atoms with Gasteiger partial charge in [0.15, 0.2) is 0 Å². The molecule has 38 heavy (non-hydrogen) atoms. The second-order valence-electron chi connectivity index (χ2n) is 9.06. The minimum atomic E-state index is -0.358. The predicted molar refractivity (Wildman–Crippen MR) is 149 cm³/mol. The molecule has 2 heterocycles. The number of hydrogen-bond donors (Lipinski definition) is 1. The lowest BCUT2D eigenvalue weighted by Gasteiger charge is -2.22. The summed E-state index contributed by atoms with van der Waals surface area (Å²) < 4.78 is 16.9. The third-order valence-electron chi connectivity index (χ3n) is 6.57. The van der Waals surface area contributed by atoms with Gasteiger partial charge in [-0.25, -0.2) is 14.8 Å². The number of nitrogens with zero attached hydrogens (tertiary/aromatic N) is 3. The van der Waals surface area contributed by atoms with Gasteiger partial charge in [-0.3, -0.25) is 0 Å². The van der Waals surface area contributed by atoms with Crippen molar-refractivity contribution in [2.45, 2.75) is 52.4 Å². The highest BCUT2D eigenvalue weighted by molar-refractivity contribution is 6.33. The van der Waals surface area contributed by atoms with Crippen LogP contribution in [0, 0.1) is 0 Å². The number of amides is 1. The quantitative estimate of drug-likeness (QED) is 0.351. The van der Waals surface area contributed by atoms with Gasteiger partial charge >= 0.3 is 6.09 Å². The number of aryl methyl sites for hydroxylation is 2. The van der Waals surface area contributed by atoms with Gasteiger partial charge in [-0.2, -0.15) is 0 Å². The summed E-state index contributed by atoms with van der Waals surface area (Å²) in [5, 5.41) is 4.10. The van der Waals surface area contributed by atoms with Gasteiger partial charge in [0.2, 0.25) is 0 Å². The molecule has 0 radical (unpaired) electrons. The second-order valence-corrected chi connectivity index (χ2v) is 9.46. The minimum Gasteiger partial charge on any atom is -0.497 e. The number of nitrogens with one attached hydrogen (secondary N) is 1. The van der Waals surface area contributed by atoms with Crippen molar-refractivity contribution in [2.24, 2.45) is 0 Å². The Labute approximate surface area is 229 Å². The molecule has 2 unspecified atom stereocenters. The molecule has 1 fully saturated rings. The third-order valence-corrected chi connectivity index (χ3v) is 6.89. The zero-order valence-corrected chi connectivity index (χ0v) is 23.1. The zero-order chi connectivity index (χ0) is 27.1. The minimum absolute atomic E-state index is 0.154. The molecular weight excluding hydrogens is 504 g/mol. The summed E-state index contributed by atoms with van der Waals surface area (Å²) in [7, 11) is 1.61. The molecule has 0 aliphatic carbocycles. The van der Waals surface area contributed by atoms with Crippen molar-refractivity contribution in [2.75, 3.05) is 32.1 Å². The number of likely N-dealkylation sites (tertiary alicyclic amines) is 1. The van der Waals surface area contributed by atoms with E-state index in [1.54, 1.807) is 18.1 Å². The molecule has 1 amide bonds. The smallest absolute Gasteiger partial charge is 0.410 e. The van der Waals surface area contributed by atoms with Gasteiger partial charge in [0.1, 0.15) is 18.2 Å². The molecule has 0 bridgehead atoms. The fraction of sp³-hybridized carbons (Fsp3) is 0.414. The number of benzene rings is 2. The number of carbonyl (C=O) groups is 1. The van der Waals surface area contributed by atoms with E-state index in [-0.39, 0.29) is 24.8 Å². The Hall–Kier alpha value is -3.36. The fourth-order valence-corrected chi connectivity index (χ4v) is 4.83. The Kier molecular flexibility index (Phi) is 9.42. The fourth-order valence-electron chi connectivity index (χ4n) is 4.57. The molecule has 1 aliphatic heterocycles. The van der Waals surface area contributed by atoms with Gasteiger partial charge in [0, 0.05) is 18.7 Å². The maximum absolute atomic E-state index is 12.8. The lowest BCUT2D eigenvalue weighted by Crippen LogP contribution is -2.35. The summed E-state index contributed by atoms with van der Waals surface area (Å²) in [5.74, 6) is 1.39. The molecule has 0 spiro atoms. The molecule has 1 N–H and O–H groups in total. The van der Waals surface area contributed by atoms with E-state index in [1.165, 1.54) is 0 Å². The first-order valence-corrected chi connectivity index (χ1v) is 13.4. The molecule has 1 saturated heterocycles. The zero-order valence-electron chi connectivity index (χ0n) is 22.4. The summed E-state index contributed by atoms with van der Waals surface area (Å²) in [6.45, 7) is 7.69. The highest BCUT2D eigenvalue weighted by Gasteiger charge is 2.37. The SMILES string of the molecule is CCOC1CN(C(=O)OCc2ccccc2)CC1Nc1nc(CC)c(-c2ccc(OC)cc2Cl)nc1CC. The van der Waals surface area contributed by atoms with Crippen LogP contribution in [0.1, 0.15) is 37.7 Å². The first-order chi connectivity index (χ1) is 18.5. The normalized spacial score (nSPS) is 16.9. The lowest BCUT2D eigenvalue weighted by atomic mass is 10.1. The molecule has 1 aliphatic rings. The Morgan fingerprint density at radius 3 is 2.47 bits per heavy atom. The molecule has 2 atom stereocenters. The number of aromatic nitrogens is 2. The summed E-state index contributed by atoms with van der Waals surface area (Å²) in [4.78, 5) is 24.5. The van der Waals surface area contributed by atoms with Crippen LogP contribution in [-0.4, -0.2) is 59.9 Å². The van der Waals surface area contributed by atoms with Crippen molar-refractivity contribution in [3.63, 3.8) is 0 Å². The summed E-state index contributed by atoms with van der Waals surface area (Å²) in [6, 6.07) is 15.1. The summed E-state index contributed by atoms with van der Waals surface area (Å²) >= 11 is 6.58. The molecule has 9 heteroatoms. The Bertz CT molecular complexity index is 1240. The van der Waals surface area contributed by atoms with Crippen molar-refractivity contribution >= 4 is 23.5 Å². The maximum atomic E-state index is 12.8. The van der Waals surface area contributed by atoms with Gasteiger partial charge in [-0.15, -0.1) is 0 Å². The van der Waals surface area contributed by atoms with Crippen molar-refractivity contribution < 1.29 is 19.0 Å². The Balaban J connectivity index is 1.54. The van der Waals surface area contributed by atoms with Crippen LogP contribution in [0.25, 0.3) is 11.3 Å². The van der Waals surface area contributed by atoms with Crippen LogP contribution in [0.3, 0.4) is 0 Å². The highest BCUT2D eigenvalue weighted by atomic mass is 35.5. The van der Waals surface area contributed by atoms with Crippen LogP contribution in [-0.2, 0) is 28.9 Å². The molecule has 202 valence electrons. The van der Waals surface area contributed by atoms with E-state index in [0.29, 0.717) is 49.1 Å². The number of hydrogen-bond acceptors (Lipinski definition) is 7. The van der Waals surface area contributed by atoms with Crippen molar-refractivity contribution in [1.82, 2.24) is 14.9 Å². The molecule has 1 aromatic heterocycles. The van der Waals surface area contributed by atoms with E-state index in [9.17, 15) is 4.79 Å². The average molecular weight is 539 g/mol. The number of carbonyl (C=O) groups excluding carboxylic acids is 1. The molecule has 3 aromatic rings. The topological polar surface area (TPSA) is 85.8 Å². The largest absolute Gasteiger partial charge is 0.497 e. The number of ether oxygens (including phenoxy) is 3. The molecule has 2 aromatic carbocycles. The van der Waals surface area contributed by atoms with E-state index in [4.69, 9.17) is 35.8 Å². The number of rotatable bonds is 10. The maximum Gasteiger partial charge on any atom is 0.410 e. The molecule has 0 saturated carbocycles. The lowest BCUT2D eigenvalue weighted by molar-refractivity contribution is 0.0580. The average Bonchev–Trinajstić information content (AvgIpc) is 3.34. The van der Waals surface area contributed by atoms with E-state index < -0.39 is 0 Å². The molecular formula is C29H35ClN4O4. The van der Waals surface area contributed by atoms with Crippen LogP contribution in [0.4, 0.5) is 10.6 Å². The van der Waals surface area contributed by atoms with Crippen LogP contribution >= 0.6 is 11.6 Å². The highest BCUT2D eigenvalue weighted by Crippen LogP contribution is 2.33. The van der Waals surface area contributed by atoms with Crippen LogP contribution in [0.2, 0.25) is 5.02 Å². The van der Waals surface area contributed by atoms with E-state index in [0.717, 1.165) is 28.2 Å².